The van der Waals surface area contributed by atoms with E-state index in [1.165, 1.54) is 24.3 Å². The molecule has 2 atom stereocenters. The number of rotatable bonds is 11. The normalized spacial score (nSPS) is 15.8. The molecule has 0 bridgehead atoms. The van der Waals surface area contributed by atoms with Crippen molar-refractivity contribution in [2.24, 2.45) is 0 Å². The number of carbonyl (C=O) groups is 2. The van der Waals surface area contributed by atoms with E-state index in [0.717, 1.165) is 47.0 Å². The fraction of sp³-hybridized carbons (Fsp3) is 0.312. The van der Waals surface area contributed by atoms with Gasteiger partial charge < -0.3 is 20.9 Å². The van der Waals surface area contributed by atoms with Crippen LogP contribution in [0.25, 0.3) is 10.9 Å². The standard InChI is InChI=1S/C32H34F2N4O2/c33-24-13-9-21(10-14-24)26(22-11-15-25(34)16-12-22)6-3-18-36-31(39)30(38-32(40)29-8-4-17-35-29)19-23-20-37-28-7-2-1-5-27(23)28/h1-2,5,7,9-16,20,26,29-30,35,37H,3-4,6,8,17-19H2,(H,36,39)(H,38,40)/t29-,30-/m0/s1. The van der Waals surface area contributed by atoms with E-state index in [9.17, 15) is 18.4 Å². The Morgan fingerprint density at radius 3 is 2.25 bits per heavy atom. The van der Waals surface area contributed by atoms with Gasteiger partial charge in [0.2, 0.25) is 11.8 Å². The molecule has 1 aliphatic rings. The lowest BCUT2D eigenvalue weighted by molar-refractivity contribution is -0.129. The molecule has 6 nitrogen and oxygen atoms in total. The molecule has 4 N–H and O–H groups in total. The highest BCUT2D eigenvalue weighted by molar-refractivity contribution is 5.91. The van der Waals surface area contributed by atoms with Gasteiger partial charge in [0.25, 0.3) is 0 Å². The van der Waals surface area contributed by atoms with Crippen LogP contribution in [0.3, 0.4) is 0 Å². The van der Waals surface area contributed by atoms with Crippen LogP contribution in [0.4, 0.5) is 8.78 Å². The van der Waals surface area contributed by atoms with Gasteiger partial charge in [0.1, 0.15) is 17.7 Å². The summed E-state index contributed by atoms with van der Waals surface area (Å²) < 4.78 is 27.1. The molecule has 1 fully saturated rings. The fourth-order valence-electron chi connectivity index (χ4n) is 5.47. The van der Waals surface area contributed by atoms with Crippen LogP contribution in [0.15, 0.2) is 79.0 Å². The van der Waals surface area contributed by atoms with Crippen molar-refractivity contribution in [1.29, 1.82) is 0 Å². The highest BCUT2D eigenvalue weighted by atomic mass is 19.1. The molecule has 1 saturated heterocycles. The predicted octanol–water partition coefficient (Wildman–Crippen LogP) is 4.95. The summed E-state index contributed by atoms with van der Waals surface area (Å²) in [5, 5.41) is 10.2. The molecule has 2 amide bonds. The second kappa shape index (κ2) is 12.9. The quantitative estimate of drug-likeness (QED) is 0.202. The van der Waals surface area contributed by atoms with Gasteiger partial charge in [-0.1, -0.05) is 42.5 Å². The maximum absolute atomic E-state index is 13.6. The van der Waals surface area contributed by atoms with Crippen molar-refractivity contribution >= 4 is 22.7 Å². The maximum Gasteiger partial charge on any atom is 0.242 e. The highest BCUT2D eigenvalue weighted by Crippen LogP contribution is 2.29. The summed E-state index contributed by atoms with van der Waals surface area (Å²) in [5.41, 5.74) is 3.79. The number of aromatic amines is 1. The summed E-state index contributed by atoms with van der Waals surface area (Å²) >= 11 is 0. The molecule has 0 unspecified atom stereocenters. The second-order valence-electron chi connectivity index (χ2n) is 10.4. The van der Waals surface area contributed by atoms with Crippen molar-refractivity contribution in [3.8, 4) is 0 Å². The van der Waals surface area contributed by atoms with Gasteiger partial charge in [-0.05, 0) is 79.3 Å². The number of halogens is 2. The van der Waals surface area contributed by atoms with Crippen molar-refractivity contribution in [3.63, 3.8) is 0 Å². The molecule has 0 saturated carbocycles. The molecule has 0 aliphatic carbocycles. The third-order valence-electron chi connectivity index (χ3n) is 7.62. The maximum atomic E-state index is 13.6. The second-order valence-corrected chi connectivity index (χ2v) is 10.4. The Morgan fingerprint density at radius 2 is 1.60 bits per heavy atom. The predicted molar refractivity (Wildman–Crippen MR) is 152 cm³/mol. The Hall–Kier alpha value is -4.04. The lowest BCUT2D eigenvalue weighted by Crippen LogP contribution is -2.52. The van der Waals surface area contributed by atoms with Gasteiger partial charge >= 0.3 is 0 Å². The highest BCUT2D eigenvalue weighted by Gasteiger charge is 2.28. The number of hydrogen-bond donors (Lipinski definition) is 4. The molecule has 8 heteroatoms. The smallest absolute Gasteiger partial charge is 0.242 e. The van der Waals surface area contributed by atoms with Crippen LogP contribution in [0, 0.1) is 11.6 Å². The first-order chi connectivity index (χ1) is 19.5. The number of nitrogens with one attached hydrogen (secondary N) is 4. The summed E-state index contributed by atoms with van der Waals surface area (Å²) in [6, 6.07) is 19.5. The topological polar surface area (TPSA) is 86.0 Å². The van der Waals surface area contributed by atoms with Crippen LogP contribution in [0.2, 0.25) is 0 Å². The van der Waals surface area contributed by atoms with Crippen LogP contribution in [-0.4, -0.2) is 42.0 Å². The molecule has 0 radical (unpaired) electrons. The van der Waals surface area contributed by atoms with Gasteiger partial charge in [0.15, 0.2) is 0 Å². The molecule has 2 heterocycles. The minimum absolute atomic E-state index is 0.0757. The number of fused-ring (bicyclic) bond motifs is 1. The first-order valence-corrected chi connectivity index (χ1v) is 13.9. The Bertz CT molecular complexity index is 1380. The summed E-state index contributed by atoms with van der Waals surface area (Å²) in [6.45, 7) is 1.19. The molecular formula is C32H34F2N4O2. The van der Waals surface area contributed by atoms with E-state index in [1.54, 1.807) is 24.3 Å². The van der Waals surface area contributed by atoms with E-state index in [-0.39, 0.29) is 35.4 Å². The first-order valence-electron chi connectivity index (χ1n) is 13.9. The van der Waals surface area contributed by atoms with E-state index >= 15 is 0 Å². The summed E-state index contributed by atoms with van der Waals surface area (Å²) in [6.07, 6.45) is 5.25. The lowest BCUT2D eigenvalue weighted by atomic mass is 9.87. The number of amides is 2. The molecule has 1 aromatic heterocycles. The van der Waals surface area contributed by atoms with Crippen LogP contribution in [-0.2, 0) is 16.0 Å². The summed E-state index contributed by atoms with van der Waals surface area (Å²) in [4.78, 5) is 29.5. The van der Waals surface area contributed by atoms with Gasteiger partial charge in [-0.25, -0.2) is 8.78 Å². The zero-order valence-electron chi connectivity index (χ0n) is 22.3. The van der Waals surface area contributed by atoms with Crippen molar-refractivity contribution in [2.45, 2.75) is 50.1 Å². The van der Waals surface area contributed by atoms with Crippen LogP contribution >= 0.6 is 0 Å². The van der Waals surface area contributed by atoms with Crippen molar-refractivity contribution in [2.75, 3.05) is 13.1 Å². The number of hydrogen-bond acceptors (Lipinski definition) is 3. The Kier molecular flexibility index (Phi) is 8.86. The molecule has 0 spiro atoms. The van der Waals surface area contributed by atoms with E-state index in [4.69, 9.17) is 0 Å². The van der Waals surface area contributed by atoms with E-state index < -0.39 is 6.04 Å². The average molecular weight is 545 g/mol. The number of H-pyrrole nitrogens is 1. The average Bonchev–Trinajstić information content (AvgIpc) is 3.65. The van der Waals surface area contributed by atoms with Gasteiger partial charge in [-0.15, -0.1) is 0 Å². The SMILES string of the molecule is O=C(N[C@@H](Cc1c[nH]c2ccccc12)C(=O)NCCCC(c1ccc(F)cc1)c1ccc(F)cc1)[C@@H]1CCCN1. The fourth-order valence-corrected chi connectivity index (χ4v) is 5.47. The van der Waals surface area contributed by atoms with Crippen molar-refractivity contribution < 1.29 is 18.4 Å². The number of aromatic nitrogens is 1. The number of para-hydroxylation sites is 1. The molecule has 40 heavy (non-hydrogen) atoms. The van der Waals surface area contributed by atoms with Crippen molar-refractivity contribution in [1.82, 2.24) is 20.9 Å². The Balaban J connectivity index is 1.25. The zero-order valence-corrected chi connectivity index (χ0v) is 22.3. The molecule has 4 aromatic rings. The lowest BCUT2D eigenvalue weighted by Gasteiger charge is -2.21. The molecule has 1 aliphatic heterocycles. The summed E-state index contributed by atoms with van der Waals surface area (Å²) in [5.74, 6) is -1.11. The first kappa shape index (κ1) is 27.5. The van der Waals surface area contributed by atoms with E-state index in [0.29, 0.717) is 25.8 Å². The van der Waals surface area contributed by atoms with Crippen LogP contribution in [0.1, 0.15) is 48.3 Å². The van der Waals surface area contributed by atoms with Gasteiger partial charge in [0, 0.05) is 36.0 Å². The summed E-state index contributed by atoms with van der Waals surface area (Å²) in [7, 11) is 0. The van der Waals surface area contributed by atoms with Crippen LogP contribution < -0.4 is 16.0 Å². The van der Waals surface area contributed by atoms with Gasteiger partial charge in [-0.2, -0.15) is 0 Å². The molecule has 3 aromatic carbocycles. The Labute approximate surface area is 232 Å². The third-order valence-corrected chi connectivity index (χ3v) is 7.62. The van der Waals surface area contributed by atoms with Crippen molar-refractivity contribution in [3.05, 3.63) is 107 Å². The van der Waals surface area contributed by atoms with Gasteiger partial charge in [0.05, 0.1) is 6.04 Å². The molecule has 5 rings (SSSR count). The third kappa shape index (κ3) is 6.74. The van der Waals surface area contributed by atoms with E-state index in [2.05, 4.69) is 20.9 Å². The van der Waals surface area contributed by atoms with Gasteiger partial charge in [-0.3, -0.25) is 9.59 Å². The molecular weight excluding hydrogens is 510 g/mol. The minimum Gasteiger partial charge on any atom is -0.361 e. The minimum atomic E-state index is -0.723. The number of carbonyl (C=O) groups excluding carboxylic acids is 2. The van der Waals surface area contributed by atoms with Crippen LogP contribution in [0.5, 0.6) is 0 Å². The number of benzene rings is 3. The van der Waals surface area contributed by atoms with E-state index in [1.807, 2.05) is 30.5 Å². The zero-order chi connectivity index (χ0) is 27.9. The largest absolute Gasteiger partial charge is 0.361 e. The monoisotopic (exact) mass is 544 g/mol. The Morgan fingerprint density at radius 1 is 0.925 bits per heavy atom. The molecule has 208 valence electrons.